The van der Waals surface area contributed by atoms with Gasteiger partial charge in [-0.15, -0.1) is 0 Å². The summed E-state index contributed by atoms with van der Waals surface area (Å²) in [6, 6.07) is 8.08. The number of nitriles is 1. The van der Waals surface area contributed by atoms with Crippen LogP contribution in [0.3, 0.4) is 0 Å². The number of aryl methyl sites for hydroxylation is 3. The number of hydrogen-bond acceptors (Lipinski definition) is 5. The molecule has 0 aliphatic rings. The topological polar surface area (TPSA) is 75.0 Å². The highest BCUT2D eigenvalue weighted by Gasteiger charge is 2.15. The van der Waals surface area contributed by atoms with E-state index in [2.05, 4.69) is 39.0 Å². The average Bonchev–Trinajstić information content (AvgIpc) is 2.56. The Balaban J connectivity index is 2.14. The zero-order valence-electron chi connectivity index (χ0n) is 15.1. The number of nitrogens with zero attached hydrogens (tertiary/aromatic N) is 2. The molecule has 2 rings (SSSR count). The van der Waals surface area contributed by atoms with Crippen LogP contribution >= 0.6 is 34.4 Å². The first-order valence-electron chi connectivity index (χ1n) is 7.94. The molecule has 1 heterocycles. The van der Waals surface area contributed by atoms with Gasteiger partial charge in [-0.05, 0) is 78.3 Å². The van der Waals surface area contributed by atoms with E-state index in [4.69, 9.17) is 4.74 Å². The Morgan fingerprint density at radius 2 is 1.96 bits per heavy atom. The molecule has 1 N–H and O–H groups in total. The molecular weight excluding hydrogens is 461 g/mol. The summed E-state index contributed by atoms with van der Waals surface area (Å²) in [5.74, 6) is 0.0606. The van der Waals surface area contributed by atoms with Gasteiger partial charge < -0.3 is 10.1 Å². The molecule has 1 amide bonds. The fourth-order valence-corrected chi connectivity index (χ4v) is 4.42. The lowest BCUT2D eigenvalue weighted by Gasteiger charge is -2.13. The lowest BCUT2D eigenvalue weighted by molar-refractivity contribution is -0.113. The molecule has 0 atom stereocenters. The van der Waals surface area contributed by atoms with Gasteiger partial charge in [-0.1, -0.05) is 11.8 Å². The second-order valence-corrected chi connectivity index (χ2v) is 8.11. The number of nitrogens with one attached hydrogen (secondary N) is 1. The average molecular weight is 481 g/mol. The number of thioether (sulfide) groups is 1. The van der Waals surface area contributed by atoms with Crippen molar-refractivity contribution in [3.05, 3.63) is 49.7 Å². The van der Waals surface area contributed by atoms with E-state index < -0.39 is 0 Å². The Hall–Kier alpha value is -1.63. The van der Waals surface area contributed by atoms with Crippen molar-refractivity contribution in [2.24, 2.45) is 0 Å². The summed E-state index contributed by atoms with van der Waals surface area (Å²) in [7, 11) is 1.59. The Labute approximate surface area is 171 Å². The first-order chi connectivity index (χ1) is 12.3. The molecule has 136 valence electrons. The first-order valence-corrected chi connectivity index (χ1v) is 10.0. The number of pyridine rings is 1. The van der Waals surface area contributed by atoms with Gasteiger partial charge in [-0.25, -0.2) is 4.98 Å². The molecule has 0 aliphatic heterocycles. The fourth-order valence-electron chi connectivity index (χ4n) is 2.62. The highest BCUT2D eigenvalue weighted by Crippen LogP contribution is 2.26. The van der Waals surface area contributed by atoms with Crippen LogP contribution < -0.4 is 5.32 Å². The maximum atomic E-state index is 12.4. The van der Waals surface area contributed by atoms with Crippen molar-refractivity contribution in [2.45, 2.75) is 32.4 Å². The molecule has 0 radical (unpaired) electrons. The van der Waals surface area contributed by atoms with Gasteiger partial charge in [0.2, 0.25) is 5.91 Å². The van der Waals surface area contributed by atoms with Crippen molar-refractivity contribution in [1.29, 1.82) is 5.26 Å². The minimum atomic E-state index is -0.122. The van der Waals surface area contributed by atoms with E-state index in [0.29, 0.717) is 17.2 Å². The summed E-state index contributed by atoms with van der Waals surface area (Å²) in [6.45, 7) is 6.16. The number of aromatic nitrogens is 1. The normalized spacial score (nSPS) is 10.5. The Morgan fingerprint density at radius 1 is 1.31 bits per heavy atom. The second-order valence-electron chi connectivity index (χ2n) is 5.90. The van der Waals surface area contributed by atoms with Crippen molar-refractivity contribution >= 4 is 45.9 Å². The summed E-state index contributed by atoms with van der Waals surface area (Å²) in [5, 5.41) is 13.0. The number of anilines is 1. The molecule has 7 heteroatoms. The molecule has 0 unspecified atom stereocenters. The van der Waals surface area contributed by atoms with Crippen LogP contribution in [0.5, 0.6) is 0 Å². The van der Waals surface area contributed by atoms with E-state index in [-0.39, 0.29) is 11.7 Å². The van der Waals surface area contributed by atoms with Gasteiger partial charge in [-0.2, -0.15) is 5.26 Å². The zero-order valence-corrected chi connectivity index (χ0v) is 18.1. The number of amides is 1. The molecule has 0 saturated carbocycles. The number of benzene rings is 1. The van der Waals surface area contributed by atoms with Crippen LogP contribution in [0.15, 0.2) is 23.2 Å². The number of methoxy groups -OCH3 is 1. The molecule has 1 aromatic carbocycles. The third-order valence-electron chi connectivity index (χ3n) is 3.71. The molecule has 0 bridgehead atoms. The van der Waals surface area contributed by atoms with Crippen LogP contribution in [0.1, 0.15) is 27.9 Å². The van der Waals surface area contributed by atoms with E-state index in [1.54, 1.807) is 7.11 Å². The summed E-state index contributed by atoms with van der Waals surface area (Å²) < 4.78 is 6.29. The molecular formula is C19H20IN3O2S. The lowest BCUT2D eigenvalue weighted by Crippen LogP contribution is -2.16. The number of carbonyl (C=O) groups is 1. The van der Waals surface area contributed by atoms with Gasteiger partial charge in [-0.3, -0.25) is 4.79 Å². The molecule has 26 heavy (non-hydrogen) atoms. The van der Waals surface area contributed by atoms with Crippen molar-refractivity contribution in [3.63, 3.8) is 0 Å². The predicted molar refractivity (Wildman–Crippen MR) is 112 cm³/mol. The SMILES string of the molecule is COCc1cc(C)nc(SCC(=O)Nc2c(C)cc(I)cc2C)c1C#N. The maximum Gasteiger partial charge on any atom is 0.234 e. The van der Waals surface area contributed by atoms with Gasteiger partial charge in [0, 0.05) is 22.1 Å². The van der Waals surface area contributed by atoms with E-state index >= 15 is 0 Å². The summed E-state index contributed by atoms with van der Waals surface area (Å²) >= 11 is 3.53. The zero-order chi connectivity index (χ0) is 19.3. The van der Waals surface area contributed by atoms with Gasteiger partial charge in [0.1, 0.15) is 11.1 Å². The molecule has 2 aromatic rings. The van der Waals surface area contributed by atoms with Gasteiger partial charge >= 0.3 is 0 Å². The number of carbonyl (C=O) groups excluding carboxylic acids is 1. The molecule has 1 aromatic heterocycles. The van der Waals surface area contributed by atoms with Crippen molar-refractivity contribution in [2.75, 3.05) is 18.2 Å². The quantitative estimate of drug-likeness (QED) is 0.490. The van der Waals surface area contributed by atoms with Crippen LogP contribution in [-0.4, -0.2) is 23.8 Å². The van der Waals surface area contributed by atoms with Crippen LogP contribution in [0.2, 0.25) is 0 Å². The highest BCUT2D eigenvalue weighted by molar-refractivity contribution is 14.1. The summed E-state index contributed by atoms with van der Waals surface area (Å²) in [4.78, 5) is 16.8. The third-order valence-corrected chi connectivity index (χ3v) is 5.31. The molecule has 0 aliphatic carbocycles. The van der Waals surface area contributed by atoms with Gasteiger partial charge in [0.15, 0.2) is 0 Å². The highest BCUT2D eigenvalue weighted by atomic mass is 127. The monoisotopic (exact) mass is 481 g/mol. The van der Waals surface area contributed by atoms with E-state index in [9.17, 15) is 10.1 Å². The first kappa shape index (κ1) is 20.7. The predicted octanol–water partition coefficient (Wildman–Crippen LogP) is 4.36. The van der Waals surface area contributed by atoms with Crippen LogP contribution in [-0.2, 0) is 16.1 Å². The molecule has 5 nitrogen and oxygen atoms in total. The lowest BCUT2D eigenvalue weighted by atomic mass is 10.1. The minimum Gasteiger partial charge on any atom is -0.380 e. The summed E-state index contributed by atoms with van der Waals surface area (Å²) in [6.07, 6.45) is 0. The number of ether oxygens (including phenoxy) is 1. The Bertz CT molecular complexity index is 855. The second kappa shape index (κ2) is 9.35. The van der Waals surface area contributed by atoms with Gasteiger partial charge in [0.25, 0.3) is 0 Å². The third kappa shape index (κ3) is 5.19. The van der Waals surface area contributed by atoms with Crippen LogP contribution in [0.25, 0.3) is 0 Å². The number of rotatable bonds is 6. The van der Waals surface area contributed by atoms with Crippen LogP contribution in [0.4, 0.5) is 5.69 Å². The molecule has 0 saturated heterocycles. The van der Waals surface area contributed by atoms with Gasteiger partial charge in [0.05, 0.1) is 17.9 Å². The number of hydrogen-bond donors (Lipinski definition) is 1. The van der Waals surface area contributed by atoms with E-state index in [1.165, 1.54) is 11.8 Å². The van der Waals surface area contributed by atoms with E-state index in [0.717, 1.165) is 31.6 Å². The standard InChI is InChI=1S/C19H20IN3O2S/c1-11-5-15(20)6-12(2)18(11)23-17(24)10-26-19-16(8-21)14(9-25-4)7-13(3)22-19/h5-7H,9-10H2,1-4H3,(H,23,24). The Kier molecular flexibility index (Phi) is 7.43. The Morgan fingerprint density at radius 3 is 2.54 bits per heavy atom. The smallest absolute Gasteiger partial charge is 0.234 e. The van der Waals surface area contributed by atoms with E-state index in [1.807, 2.05) is 39.0 Å². The molecule has 0 fully saturated rings. The maximum absolute atomic E-state index is 12.4. The summed E-state index contributed by atoms with van der Waals surface area (Å²) in [5.41, 5.74) is 4.95. The minimum absolute atomic E-state index is 0.122. The largest absolute Gasteiger partial charge is 0.380 e. The van der Waals surface area contributed by atoms with Crippen LogP contribution in [0, 0.1) is 35.7 Å². The number of halogens is 1. The van der Waals surface area contributed by atoms with Crippen molar-refractivity contribution in [1.82, 2.24) is 4.98 Å². The fraction of sp³-hybridized carbons (Fsp3) is 0.316. The van der Waals surface area contributed by atoms with Crippen molar-refractivity contribution < 1.29 is 9.53 Å². The van der Waals surface area contributed by atoms with Crippen molar-refractivity contribution in [3.8, 4) is 6.07 Å². The molecule has 0 spiro atoms.